The highest BCUT2D eigenvalue weighted by atomic mass is 35.5. The first-order chi connectivity index (χ1) is 18.4. The molecule has 2 aliphatic rings. The molecule has 2 heterocycles. The SMILES string of the molecule is O=C(NCc1ccc2c(c1)OCO2)c1cc(CN(Cc2ccc(Cl)c(Cl)c2)C(=O)CCC2CCCC2)on1. The van der Waals surface area contributed by atoms with Crippen molar-refractivity contribution in [2.24, 2.45) is 5.92 Å². The molecule has 0 spiro atoms. The average molecular weight is 558 g/mol. The number of ether oxygens (including phenoxy) is 2. The number of nitrogens with zero attached hydrogens (tertiary/aromatic N) is 2. The van der Waals surface area contributed by atoms with Gasteiger partial charge >= 0.3 is 0 Å². The van der Waals surface area contributed by atoms with Gasteiger partial charge in [-0.25, -0.2) is 0 Å². The molecule has 1 saturated carbocycles. The summed E-state index contributed by atoms with van der Waals surface area (Å²) in [4.78, 5) is 27.7. The quantitative estimate of drug-likeness (QED) is 0.321. The minimum absolute atomic E-state index is 0.0215. The lowest BCUT2D eigenvalue weighted by molar-refractivity contribution is -0.133. The second kappa shape index (κ2) is 12.1. The highest BCUT2D eigenvalue weighted by Crippen LogP contribution is 2.32. The Morgan fingerprint density at radius 3 is 2.55 bits per heavy atom. The van der Waals surface area contributed by atoms with Crippen LogP contribution >= 0.6 is 23.2 Å². The molecule has 1 fully saturated rings. The zero-order valence-electron chi connectivity index (χ0n) is 20.9. The first-order valence-corrected chi connectivity index (χ1v) is 13.5. The second-order valence-electron chi connectivity index (χ2n) is 9.74. The number of carbonyl (C=O) groups excluding carboxylic acids is 2. The van der Waals surface area contributed by atoms with Gasteiger partial charge in [0.2, 0.25) is 12.7 Å². The van der Waals surface area contributed by atoms with E-state index in [1.807, 2.05) is 24.3 Å². The van der Waals surface area contributed by atoms with E-state index in [-0.39, 0.29) is 30.8 Å². The van der Waals surface area contributed by atoms with Crippen molar-refractivity contribution in [1.82, 2.24) is 15.4 Å². The maximum Gasteiger partial charge on any atom is 0.273 e. The van der Waals surface area contributed by atoms with Crippen molar-refractivity contribution in [1.29, 1.82) is 0 Å². The molecule has 5 rings (SSSR count). The van der Waals surface area contributed by atoms with Crippen LogP contribution in [0.25, 0.3) is 0 Å². The Balaban J connectivity index is 1.22. The van der Waals surface area contributed by atoms with E-state index in [1.54, 1.807) is 23.1 Å². The smallest absolute Gasteiger partial charge is 0.273 e. The summed E-state index contributed by atoms with van der Waals surface area (Å²) in [6.45, 7) is 1.01. The van der Waals surface area contributed by atoms with E-state index in [0.29, 0.717) is 52.7 Å². The minimum atomic E-state index is -0.374. The fourth-order valence-electron chi connectivity index (χ4n) is 4.88. The highest BCUT2D eigenvalue weighted by molar-refractivity contribution is 6.42. The third-order valence-corrected chi connectivity index (χ3v) is 7.72. The van der Waals surface area contributed by atoms with Crippen LogP contribution in [0.3, 0.4) is 0 Å². The molecule has 3 aromatic rings. The van der Waals surface area contributed by atoms with Crippen LogP contribution in [-0.4, -0.2) is 28.7 Å². The molecule has 0 radical (unpaired) electrons. The number of rotatable bonds is 10. The summed E-state index contributed by atoms with van der Waals surface area (Å²) in [7, 11) is 0. The topological polar surface area (TPSA) is 93.9 Å². The zero-order chi connectivity index (χ0) is 26.5. The van der Waals surface area contributed by atoms with Crippen molar-refractivity contribution < 1.29 is 23.6 Å². The third kappa shape index (κ3) is 6.60. The van der Waals surface area contributed by atoms with Gasteiger partial charge in [0.05, 0.1) is 16.6 Å². The summed E-state index contributed by atoms with van der Waals surface area (Å²) >= 11 is 12.3. The monoisotopic (exact) mass is 557 g/mol. The molecule has 10 heteroatoms. The first-order valence-electron chi connectivity index (χ1n) is 12.8. The molecule has 0 bridgehead atoms. The first kappa shape index (κ1) is 26.4. The molecule has 2 amide bonds. The van der Waals surface area contributed by atoms with Gasteiger partial charge in [0.1, 0.15) is 0 Å². The largest absolute Gasteiger partial charge is 0.454 e. The lowest BCUT2D eigenvalue weighted by atomic mass is 10.0. The molecule has 0 saturated heterocycles. The van der Waals surface area contributed by atoms with E-state index in [4.69, 9.17) is 37.2 Å². The van der Waals surface area contributed by atoms with Crippen molar-refractivity contribution in [3.05, 3.63) is 75.1 Å². The average Bonchev–Trinajstić information content (AvgIpc) is 3.69. The van der Waals surface area contributed by atoms with Crippen LogP contribution in [0.15, 0.2) is 47.0 Å². The van der Waals surface area contributed by atoms with Gasteiger partial charge in [-0.3, -0.25) is 9.59 Å². The van der Waals surface area contributed by atoms with Crippen LogP contribution in [-0.2, 0) is 24.4 Å². The molecule has 1 N–H and O–H groups in total. The molecule has 38 heavy (non-hydrogen) atoms. The predicted molar refractivity (Wildman–Crippen MR) is 142 cm³/mol. The Morgan fingerprint density at radius 1 is 0.947 bits per heavy atom. The lowest BCUT2D eigenvalue weighted by Crippen LogP contribution is -2.30. The zero-order valence-corrected chi connectivity index (χ0v) is 22.4. The van der Waals surface area contributed by atoms with Crippen LogP contribution in [0.1, 0.15) is 65.9 Å². The molecule has 0 atom stereocenters. The summed E-state index contributed by atoms with van der Waals surface area (Å²) in [6.07, 6.45) is 6.19. The van der Waals surface area contributed by atoms with Crippen molar-refractivity contribution in [3.63, 3.8) is 0 Å². The number of aromatic nitrogens is 1. The molecule has 200 valence electrons. The number of hydrogen-bond donors (Lipinski definition) is 1. The Hall–Kier alpha value is -3.23. The number of fused-ring (bicyclic) bond motifs is 1. The minimum Gasteiger partial charge on any atom is -0.454 e. The second-order valence-corrected chi connectivity index (χ2v) is 10.6. The van der Waals surface area contributed by atoms with Crippen molar-refractivity contribution in [2.75, 3.05) is 6.79 Å². The Morgan fingerprint density at radius 2 is 1.74 bits per heavy atom. The van der Waals surface area contributed by atoms with Gasteiger partial charge in [-0.15, -0.1) is 0 Å². The van der Waals surface area contributed by atoms with Gasteiger partial charge in [0, 0.05) is 25.6 Å². The summed E-state index contributed by atoms with van der Waals surface area (Å²) < 4.78 is 16.1. The fourth-order valence-corrected chi connectivity index (χ4v) is 5.20. The van der Waals surface area contributed by atoms with E-state index in [1.165, 1.54) is 25.7 Å². The molecular weight excluding hydrogens is 529 g/mol. The van der Waals surface area contributed by atoms with Crippen LogP contribution in [0.4, 0.5) is 0 Å². The normalized spacial score (nSPS) is 14.6. The Bertz CT molecular complexity index is 1310. The van der Waals surface area contributed by atoms with E-state index in [9.17, 15) is 9.59 Å². The Kier molecular flexibility index (Phi) is 8.39. The Labute approximate surface area is 231 Å². The maximum absolute atomic E-state index is 13.2. The van der Waals surface area contributed by atoms with E-state index < -0.39 is 0 Å². The van der Waals surface area contributed by atoms with E-state index in [2.05, 4.69) is 10.5 Å². The van der Waals surface area contributed by atoms with Crippen molar-refractivity contribution in [2.45, 2.75) is 58.2 Å². The maximum atomic E-state index is 13.2. The molecule has 2 aromatic carbocycles. The van der Waals surface area contributed by atoms with Gasteiger partial charge in [-0.1, -0.05) is 66.2 Å². The van der Waals surface area contributed by atoms with E-state index in [0.717, 1.165) is 17.5 Å². The predicted octanol–water partition coefficient (Wildman–Crippen LogP) is 6.14. The van der Waals surface area contributed by atoms with Gasteiger partial charge in [0.15, 0.2) is 23.0 Å². The molecular formula is C28H29Cl2N3O5. The van der Waals surface area contributed by atoms with Gasteiger partial charge < -0.3 is 24.2 Å². The molecule has 1 aliphatic carbocycles. The van der Waals surface area contributed by atoms with Crippen LogP contribution in [0, 0.1) is 5.92 Å². The van der Waals surface area contributed by atoms with Crippen molar-refractivity contribution >= 4 is 35.0 Å². The van der Waals surface area contributed by atoms with E-state index >= 15 is 0 Å². The van der Waals surface area contributed by atoms with Gasteiger partial charge in [-0.05, 0) is 47.7 Å². The number of amides is 2. The van der Waals surface area contributed by atoms with Crippen LogP contribution < -0.4 is 14.8 Å². The summed E-state index contributed by atoms with van der Waals surface area (Å²) in [5.41, 5.74) is 1.87. The van der Waals surface area contributed by atoms with Crippen LogP contribution in [0.5, 0.6) is 11.5 Å². The summed E-state index contributed by atoms with van der Waals surface area (Å²) in [5.74, 6) is 2.02. The summed E-state index contributed by atoms with van der Waals surface area (Å²) in [5, 5.41) is 7.66. The molecule has 1 aromatic heterocycles. The third-order valence-electron chi connectivity index (χ3n) is 6.98. The number of benzene rings is 2. The molecule has 1 aliphatic heterocycles. The van der Waals surface area contributed by atoms with Crippen molar-refractivity contribution in [3.8, 4) is 11.5 Å². The van der Waals surface area contributed by atoms with Crippen LogP contribution in [0.2, 0.25) is 10.0 Å². The van der Waals surface area contributed by atoms with Gasteiger partial charge in [-0.2, -0.15) is 0 Å². The molecule has 8 nitrogen and oxygen atoms in total. The van der Waals surface area contributed by atoms with Gasteiger partial charge in [0.25, 0.3) is 5.91 Å². The fraction of sp³-hybridized carbons (Fsp3) is 0.393. The molecule has 0 unspecified atom stereocenters. The number of halogens is 2. The highest BCUT2D eigenvalue weighted by Gasteiger charge is 2.22. The summed E-state index contributed by atoms with van der Waals surface area (Å²) in [6, 6.07) is 12.4. The number of nitrogens with one attached hydrogen (secondary N) is 1. The lowest BCUT2D eigenvalue weighted by Gasteiger charge is -2.22. The standard InChI is InChI=1S/C28H29Cl2N3O5/c29-22-8-5-20(11-23(22)30)15-33(27(34)10-7-18-3-1-2-4-18)16-21-13-24(32-38-21)28(35)31-14-19-6-9-25-26(12-19)37-17-36-25/h5-6,8-9,11-13,18H,1-4,7,10,14-17H2,(H,31,35). The number of carbonyl (C=O) groups is 2. The number of hydrogen-bond acceptors (Lipinski definition) is 6.